The van der Waals surface area contributed by atoms with Gasteiger partial charge in [0.2, 0.25) is 0 Å². The number of nitrogens with one attached hydrogen (secondary N) is 1. The molecule has 1 rings (SSSR count). The molecule has 1 aromatic rings. The minimum Gasteiger partial charge on any atom is -0.465 e. The fourth-order valence-electron chi connectivity index (χ4n) is 1.61. The normalized spacial score (nSPS) is 12.5. The fourth-order valence-corrected chi connectivity index (χ4v) is 1.85. The molecule has 0 heterocycles. The van der Waals surface area contributed by atoms with Crippen LogP contribution < -0.4 is 5.32 Å². The zero-order chi connectivity index (χ0) is 13.5. The molecule has 0 saturated heterocycles. The van der Waals surface area contributed by atoms with E-state index in [1.54, 1.807) is 13.0 Å². The number of rotatable bonds is 6. The molecule has 0 aromatic heterocycles. The van der Waals surface area contributed by atoms with Crippen LogP contribution in [0.5, 0.6) is 0 Å². The lowest BCUT2D eigenvalue weighted by atomic mass is 10.1. The van der Waals surface area contributed by atoms with Gasteiger partial charge >= 0.3 is 5.97 Å². The van der Waals surface area contributed by atoms with Crippen molar-refractivity contribution in [2.45, 2.75) is 26.8 Å². The summed E-state index contributed by atoms with van der Waals surface area (Å²) in [5.41, 5.74) is 0.762. The molecule has 0 saturated carbocycles. The highest BCUT2D eigenvalue weighted by Gasteiger charge is 2.23. The van der Waals surface area contributed by atoms with Crippen LogP contribution >= 0.6 is 11.6 Å². The molecule has 1 N–H and O–H groups in total. The minimum atomic E-state index is -0.499. The number of benzene rings is 1. The van der Waals surface area contributed by atoms with Crippen molar-refractivity contribution in [2.75, 3.05) is 13.2 Å². The van der Waals surface area contributed by atoms with E-state index in [9.17, 15) is 4.79 Å². The molecule has 0 aliphatic rings. The summed E-state index contributed by atoms with van der Waals surface area (Å²) in [7, 11) is 0. The van der Waals surface area contributed by atoms with E-state index in [-0.39, 0.29) is 5.97 Å². The second-order valence-corrected chi connectivity index (χ2v) is 4.92. The molecule has 0 aliphatic heterocycles. The summed E-state index contributed by atoms with van der Waals surface area (Å²) in [5, 5.41) is 3.78. The van der Waals surface area contributed by atoms with Crippen LogP contribution in [-0.4, -0.2) is 19.1 Å². The predicted molar refractivity (Wildman–Crippen MR) is 73.7 cm³/mol. The maximum Gasteiger partial charge on any atom is 0.327 e. The van der Waals surface area contributed by atoms with Gasteiger partial charge in [0.15, 0.2) is 0 Å². The van der Waals surface area contributed by atoms with Crippen molar-refractivity contribution in [2.24, 2.45) is 5.92 Å². The molecule has 0 radical (unpaired) electrons. The molecule has 18 heavy (non-hydrogen) atoms. The summed E-state index contributed by atoms with van der Waals surface area (Å²) in [6.45, 7) is 7.06. The number of hydrogen-bond donors (Lipinski definition) is 1. The molecule has 0 aliphatic carbocycles. The number of ether oxygens (including phenoxy) is 1. The molecule has 4 heteroatoms. The van der Waals surface area contributed by atoms with Crippen molar-refractivity contribution in [3.05, 3.63) is 34.9 Å². The lowest BCUT2D eigenvalue weighted by Gasteiger charge is -2.19. The van der Waals surface area contributed by atoms with E-state index in [2.05, 4.69) is 19.2 Å². The third-order valence-electron chi connectivity index (χ3n) is 2.47. The van der Waals surface area contributed by atoms with Crippen LogP contribution in [0.4, 0.5) is 0 Å². The standard InChI is InChI=1S/C14H20ClNO2/c1-4-18-14(17)13(16-9-10(2)3)11-7-5-6-8-12(11)15/h5-8,10,13,16H,4,9H2,1-3H3. The first-order valence-electron chi connectivity index (χ1n) is 6.20. The number of halogens is 1. The smallest absolute Gasteiger partial charge is 0.327 e. The predicted octanol–water partition coefficient (Wildman–Crippen LogP) is 3.19. The fraction of sp³-hybridized carbons (Fsp3) is 0.500. The first-order chi connectivity index (χ1) is 8.56. The van der Waals surface area contributed by atoms with E-state index >= 15 is 0 Å². The lowest BCUT2D eigenvalue weighted by molar-refractivity contribution is -0.145. The molecule has 1 unspecified atom stereocenters. The number of carbonyl (C=O) groups is 1. The zero-order valence-corrected chi connectivity index (χ0v) is 11.8. The Kier molecular flexibility index (Phi) is 6.16. The van der Waals surface area contributed by atoms with Gasteiger partial charge in [-0.25, -0.2) is 4.79 Å². The maximum atomic E-state index is 12.0. The minimum absolute atomic E-state index is 0.286. The Labute approximate surface area is 113 Å². The third kappa shape index (κ3) is 4.31. The third-order valence-corrected chi connectivity index (χ3v) is 2.81. The number of esters is 1. The zero-order valence-electron chi connectivity index (χ0n) is 11.1. The largest absolute Gasteiger partial charge is 0.465 e. The first kappa shape index (κ1) is 15.0. The Morgan fingerprint density at radius 3 is 2.61 bits per heavy atom. The van der Waals surface area contributed by atoms with Gasteiger partial charge in [0.05, 0.1) is 6.61 Å². The molecule has 0 amide bonds. The van der Waals surface area contributed by atoms with Gasteiger partial charge in [-0.3, -0.25) is 0 Å². The summed E-state index contributed by atoms with van der Waals surface area (Å²) in [6.07, 6.45) is 0. The van der Waals surface area contributed by atoms with Gasteiger partial charge in [-0.15, -0.1) is 0 Å². The summed E-state index contributed by atoms with van der Waals surface area (Å²) < 4.78 is 5.09. The summed E-state index contributed by atoms with van der Waals surface area (Å²) in [4.78, 5) is 12.0. The molecule has 100 valence electrons. The van der Waals surface area contributed by atoms with E-state index in [4.69, 9.17) is 16.3 Å². The van der Waals surface area contributed by atoms with Crippen LogP contribution in [0.2, 0.25) is 5.02 Å². The van der Waals surface area contributed by atoms with E-state index < -0.39 is 6.04 Å². The lowest BCUT2D eigenvalue weighted by Crippen LogP contribution is -2.33. The van der Waals surface area contributed by atoms with Crippen molar-refractivity contribution in [1.82, 2.24) is 5.32 Å². The topological polar surface area (TPSA) is 38.3 Å². The monoisotopic (exact) mass is 269 g/mol. The Balaban J connectivity index is 2.89. The van der Waals surface area contributed by atoms with Crippen molar-refractivity contribution < 1.29 is 9.53 Å². The van der Waals surface area contributed by atoms with Crippen LogP contribution in [-0.2, 0) is 9.53 Å². The molecule has 3 nitrogen and oxygen atoms in total. The average Bonchev–Trinajstić information content (AvgIpc) is 2.31. The highest BCUT2D eigenvalue weighted by Crippen LogP contribution is 2.23. The molecule has 0 bridgehead atoms. The van der Waals surface area contributed by atoms with Gasteiger partial charge in [-0.2, -0.15) is 0 Å². The van der Waals surface area contributed by atoms with Crippen LogP contribution in [0.3, 0.4) is 0 Å². The van der Waals surface area contributed by atoms with Crippen LogP contribution in [0.15, 0.2) is 24.3 Å². The van der Waals surface area contributed by atoms with Crippen LogP contribution in [0.1, 0.15) is 32.4 Å². The maximum absolute atomic E-state index is 12.0. The van der Waals surface area contributed by atoms with Crippen molar-refractivity contribution in [3.8, 4) is 0 Å². The SMILES string of the molecule is CCOC(=O)C(NCC(C)C)c1ccccc1Cl. The Morgan fingerprint density at radius 1 is 1.39 bits per heavy atom. The van der Waals surface area contributed by atoms with Crippen molar-refractivity contribution >= 4 is 17.6 Å². The molecule has 0 spiro atoms. The summed E-state index contributed by atoms with van der Waals surface area (Å²) in [6, 6.07) is 6.83. The number of carbonyl (C=O) groups excluding carboxylic acids is 1. The van der Waals surface area contributed by atoms with Gasteiger partial charge in [0.25, 0.3) is 0 Å². The number of hydrogen-bond acceptors (Lipinski definition) is 3. The Morgan fingerprint density at radius 2 is 2.06 bits per heavy atom. The molecular weight excluding hydrogens is 250 g/mol. The van der Waals surface area contributed by atoms with E-state index in [1.165, 1.54) is 0 Å². The van der Waals surface area contributed by atoms with Crippen LogP contribution in [0, 0.1) is 5.92 Å². The van der Waals surface area contributed by atoms with E-state index in [0.717, 1.165) is 12.1 Å². The van der Waals surface area contributed by atoms with Crippen molar-refractivity contribution in [1.29, 1.82) is 0 Å². The molecule has 0 fully saturated rings. The van der Waals surface area contributed by atoms with Gasteiger partial charge in [0.1, 0.15) is 6.04 Å². The van der Waals surface area contributed by atoms with Gasteiger partial charge in [0, 0.05) is 5.02 Å². The Bertz CT molecular complexity index is 393. The van der Waals surface area contributed by atoms with Gasteiger partial charge < -0.3 is 10.1 Å². The highest BCUT2D eigenvalue weighted by molar-refractivity contribution is 6.31. The van der Waals surface area contributed by atoms with E-state index in [1.807, 2.05) is 18.2 Å². The second kappa shape index (κ2) is 7.39. The van der Waals surface area contributed by atoms with Crippen molar-refractivity contribution in [3.63, 3.8) is 0 Å². The molecule has 1 atom stereocenters. The Hall–Kier alpha value is -1.06. The molecular formula is C14H20ClNO2. The summed E-state index contributed by atoms with van der Waals surface area (Å²) in [5.74, 6) is 0.163. The van der Waals surface area contributed by atoms with Crippen LogP contribution in [0.25, 0.3) is 0 Å². The van der Waals surface area contributed by atoms with E-state index in [0.29, 0.717) is 17.5 Å². The molecule has 1 aromatic carbocycles. The first-order valence-corrected chi connectivity index (χ1v) is 6.58. The summed E-state index contributed by atoms with van der Waals surface area (Å²) >= 11 is 6.13. The average molecular weight is 270 g/mol. The quantitative estimate of drug-likeness (QED) is 0.806. The van der Waals surface area contributed by atoms with Gasteiger partial charge in [-0.1, -0.05) is 43.6 Å². The van der Waals surface area contributed by atoms with Gasteiger partial charge in [-0.05, 0) is 31.0 Å². The second-order valence-electron chi connectivity index (χ2n) is 4.51. The highest BCUT2D eigenvalue weighted by atomic mass is 35.5.